The van der Waals surface area contributed by atoms with E-state index in [1.807, 2.05) is 0 Å². The molecule has 0 atom stereocenters. The summed E-state index contributed by atoms with van der Waals surface area (Å²) >= 11 is 0. The van der Waals surface area contributed by atoms with E-state index in [9.17, 15) is 19.2 Å². The molecule has 1 aromatic rings. The summed E-state index contributed by atoms with van der Waals surface area (Å²) in [6, 6.07) is 5.66. The Labute approximate surface area is 119 Å². The van der Waals surface area contributed by atoms with Gasteiger partial charge in [0.1, 0.15) is 6.54 Å². The minimum atomic E-state index is -1.24. The fourth-order valence-electron chi connectivity index (χ4n) is 1.29. The highest BCUT2D eigenvalue weighted by molar-refractivity contribution is 6.02. The summed E-state index contributed by atoms with van der Waals surface area (Å²) in [5, 5.41) is 21.4. The van der Waals surface area contributed by atoms with Crippen LogP contribution in [0.25, 0.3) is 0 Å². The molecule has 0 heterocycles. The lowest BCUT2D eigenvalue weighted by Gasteiger charge is -2.05. The molecule has 1 aromatic carbocycles. The maximum atomic E-state index is 11.5. The minimum Gasteiger partial charge on any atom is -0.480 e. The highest BCUT2D eigenvalue weighted by Gasteiger charge is 2.07. The van der Waals surface area contributed by atoms with E-state index in [0.29, 0.717) is 11.8 Å². The van der Waals surface area contributed by atoms with Crippen LogP contribution < -0.4 is 10.6 Å². The van der Waals surface area contributed by atoms with Crippen molar-refractivity contribution in [3.8, 4) is 0 Å². The van der Waals surface area contributed by atoms with Crippen LogP contribution in [0.15, 0.2) is 36.4 Å². The van der Waals surface area contributed by atoms with E-state index >= 15 is 0 Å². The van der Waals surface area contributed by atoms with Gasteiger partial charge in [-0.3, -0.25) is 14.4 Å². The monoisotopic (exact) mass is 292 g/mol. The van der Waals surface area contributed by atoms with Crippen molar-refractivity contribution >= 4 is 29.4 Å². The summed E-state index contributed by atoms with van der Waals surface area (Å²) in [6.45, 7) is -0.489. The van der Waals surface area contributed by atoms with Gasteiger partial charge in [0.2, 0.25) is 5.91 Å². The Morgan fingerprint density at radius 1 is 1.00 bits per heavy atom. The highest BCUT2D eigenvalue weighted by Crippen LogP contribution is 2.09. The van der Waals surface area contributed by atoms with E-state index in [0.717, 1.165) is 6.08 Å². The van der Waals surface area contributed by atoms with Crippen LogP contribution >= 0.6 is 0 Å². The lowest BCUT2D eigenvalue weighted by molar-refractivity contribution is -0.136. The van der Waals surface area contributed by atoms with Gasteiger partial charge in [-0.2, -0.15) is 0 Å². The molecule has 4 N–H and O–H groups in total. The van der Waals surface area contributed by atoms with Crippen LogP contribution in [-0.4, -0.2) is 40.5 Å². The molecule has 0 spiro atoms. The molecular formula is C13H12N2O6. The van der Waals surface area contributed by atoms with Crippen LogP contribution in [0.2, 0.25) is 0 Å². The van der Waals surface area contributed by atoms with Crippen molar-refractivity contribution in [1.29, 1.82) is 0 Å². The summed E-state index contributed by atoms with van der Waals surface area (Å²) in [7, 11) is 0. The van der Waals surface area contributed by atoms with Crippen LogP contribution in [-0.2, 0) is 14.4 Å². The molecule has 8 nitrogen and oxygen atoms in total. The molecule has 2 amide bonds. The number of hydrogen-bond donors (Lipinski definition) is 4. The normalized spacial score (nSPS) is 10.1. The fourth-order valence-corrected chi connectivity index (χ4v) is 1.29. The largest absolute Gasteiger partial charge is 0.480 e. The van der Waals surface area contributed by atoms with Gasteiger partial charge in [0.25, 0.3) is 5.91 Å². The number of carbonyl (C=O) groups excluding carboxylic acids is 2. The van der Waals surface area contributed by atoms with Crippen molar-refractivity contribution in [1.82, 2.24) is 5.32 Å². The number of aliphatic carboxylic acids is 2. The Bertz CT molecular complexity index is 591. The van der Waals surface area contributed by atoms with Gasteiger partial charge in [-0.1, -0.05) is 0 Å². The smallest absolute Gasteiger partial charge is 0.328 e. The predicted octanol–water partition coefficient (Wildman–Crippen LogP) is 0.0803. The summed E-state index contributed by atoms with van der Waals surface area (Å²) in [5.74, 6) is -3.57. The Hall–Kier alpha value is -3.16. The van der Waals surface area contributed by atoms with Gasteiger partial charge in [0, 0.05) is 23.4 Å². The molecule has 1 rings (SSSR count). The number of rotatable bonds is 6. The SMILES string of the molecule is O=C(O)C=CC(=O)Nc1ccc(C(=O)NCC(=O)O)cc1. The first-order valence-electron chi connectivity index (χ1n) is 5.70. The average molecular weight is 292 g/mol. The third kappa shape index (κ3) is 6.01. The van der Waals surface area contributed by atoms with E-state index in [4.69, 9.17) is 10.2 Å². The number of benzene rings is 1. The lowest BCUT2D eigenvalue weighted by Crippen LogP contribution is -2.29. The van der Waals surface area contributed by atoms with Crippen molar-refractivity contribution in [3.05, 3.63) is 42.0 Å². The van der Waals surface area contributed by atoms with Gasteiger partial charge < -0.3 is 20.8 Å². The third-order valence-corrected chi connectivity index (χ3v) is 2.19. The first-order chi connectivity index (χ1) is 9.88. The Morgan fingerprint density at radius 2 is 1.62 bits per heavy atom. The number of hydrogen-bond acceptors (Lipinski definition) is 4. The Morgan fingerprint density at radius 3 is 2.14 bits per heavy atom. The van der Waals surface area contributed by atoms with Crippen LogP contribution in [0.1, 0.15) is 10.4 Å². The van der Waals surface area contributed by atoms with Crippen molar-refractivity contribution in [2.45, 2.75) is 0 Å². The van der Waals surface area contributed by atoms with Gasteiger partial charge >= 0.3 is 11.9 Å². The lowest BCUT2D eigenvalue weighted by atomic mass is 10.2. The molecule has 0 aliphatic carbocycles. The minimum absolute atomic E-state index is 0.232. The number of carbonyl (C=O) groups is 4. The van der Waals surface area contributed by atoms with E-state index in [-0.39, 0.29) is 5.56 Å². The summed E-state index contributed by atoms with van der Waals surface area (Å²) < 4.78 is 0. The molecule has 110 valence electrons. The zero-order chi connectivity index (χ0) is 15.8. The van der Waals surface area contributed by atoms with Crippen molar-refractivity contribution in [2.24, 2.45) is 0 Å². The highest BCUT2D eigenvalue weighted by atomic mass is 16.4. The molecule has 0 aliphatic rings. The van der Waals surface area contributed by atoms with E-state index in [1.165, 1.54) is 24.3 Å². The predicted molar refractivity (Wildman–Crippen MR) is 71.8 cm³/mol. The first-order valence-corrected chi connectivity index (χ1v) is 5.70. The van der Waals surface area contributed by atoms with Gasteiger partial charge in [-0.25, -0.2) is 4.79 Å². The van der Waals surface area contributed by atoms with E-state index in [1.54, 1.807) is 0 Å². The molecular weight excluding hydrogens is 280 g/mol. The maximum absolute atomic E-state index is 11.5. The number of carboxylic acids is 2. The third-order valence-electron chi connectivity index (χ3n) is 2.19. The Balaban J connectivity index is 2.61. The molecule has 0 aromatic heterocycles. The van der Waals surface area contributed by atoms with E-state index < -0.39 is 30.3 Å². The molecule has 0 bridgehead atoms. The molecule has 0 saturated heterocycles. The average Bonchev–Trinajstić information content (AvgIpc) is 2.43. The number of amides is 2. The zero-order valence-corrected chi connectivity index (χ0v) is 10.7. The second-order valence-electron chi connectivity index (χ2n) is 3.81. The van der Waals surface area contributed by atoms with Crippen molar-refractivity contribution in [2.75, 3.05) is 11.9 Å². The van der Waals surface area contributed by atoms with Crippen molar-refractivity contribution in [3.63, 3.8) is 0 Å². The molecule has 21 heavy (non-hydrogen) atoms. The van der Waals surface area contributed by atoms with Gasteiger partial charge in [-0.15, -0.1) is 0 Å². The second-order valence-corrected chi connectivity index (χ2v) is 3.81. The number of carboxylic acid groups (broad SMARTS) is 2. The van der Waals surface area contributed by atoms with E-state index in [2.05, 4.69) is 10.6 Å². The summed E-state index contributed by atoms with van der Waals surface area (Å²) in [6.07, 6.45) is 1.55. The molecule has 8 heteroatoms. The molecule has 0 unspecified atom stereocenters. The number of anilines is 1. The maximum Gasteiger partial charge on any atom is 0.328 e. The topological polar surface area (TPSA) is 133 Å². The van der Waals surface area contributed by atoms with Crippen LogP contribution in [0.5, 0.6) is 0 Å². The molecule has 0 saturated carbocycles. The quantitative estimate of drug-likeness (QED) is 0.549. The zero-order valence-electron chi connectivity index (χ0n) is 10.7. The van der Waals surface area contributed by atoms with Gasteiger partial charge in [0.15, 0.2) is 0 Å². The van der Waals surface area contributed by atoms with Crippen LogP contribution in [0, 0.1) is 0 Å². The van der Waals surface area contributed by atoms with Gasteiger partial charge in [0.05, 0.1) is 0 Å². The molecule has 0 radical (unpaired) electrons. The summed E-state index contributed by atoms with van der Waals surface area (Å²) in [5.41, 5.74) is 0.597. The van der Waals surface area contributed by atoms with Crippen LogP contribution in [0.4, 0.5) is 5.69 Å². The standard InChI is InChI=1S/C13H12N2O6/c16-10(5-6-11(17)18)15-9-3-1-8(2-4-9)13(21)14-7-12(19)20/h1-6H,7H2,(H,14,21)(H,15,16)(H,17,18)(H,19,20). The fraction of sp³-hybridized carbons (Fsp3) is 0.0769. The Kier molecular flexibility index (Phi) is 5.63. The van der Waals surface area contributed by atoms with Gasteiger partial charge in [-0.05, 0) is 24.3 Å². The first kappa shape index (κ1) is 15.9. The number of nitrogens with one attached hydrogen (secondary N) is 2. The second kappa shape index (κ2) is 7.43. The molecule has 0 aliphatic heterocycles. The van der Waals surface area contributed by atoms with Crippen LogP contribution in [0.3, 0.4) is 0 Å². The molecule has 0 fully saturated rings. The summed E-state index contributed by atoms with van der Waals surface area (Å²) in [4.78, 5) is 43.4. The van der Waals surface area contributed by atoms with Crippen molar-refractivity contribution < 1.29 is 29.4 Å².